The van der Waals surface area contributed by atoms with Gasteiger partial charge in [0, 0.05) is 5.56 Å². The fourth-order valence-electron chi connectivity index (χ4n) is 4.05. The molecule has 40 heavy (non-hydrogen) atoms. The Morgan fingerprint density at radius 3 is 1.85 bits per heavy atom. The number of urea groups is 1. The lowest BCUT2D eigenvalue weighted by atomic mass is 9.95. The Morgan fingerprint density at radius 1 is 0.825 bits per heavy atom. The first-order valence-corrected chi connectivity index (χ1v) is 11.6. The molecule has 0 aliphatic rings. The van der Waals surface area contributed by atoms with Crippen LogP contribution >= 0.6 is 0 Å². The Hall–Kier alpha value is -3.90. The Balaban J connectivity index is 2.25. The third-order valence-corrected chi connectivity index (χ3v) is 6.05. The van der Waals surface area contributed by atoms with Gasteiger partial charge in [-0.25, -0.2) is 4.79 Å². The van der Waals surface area contributed by atoms with Crippen LogP contribution in [0.5, 0.6) is 5.75 Å². The molecule has 0 bridgehead atoms. The van der Waals surface area contributed by atoms with Crippen LogP contribution in [0.25, 0.3) is 11.1 Å². The van der Waals surface area contributed by atoms with E-state index in [1.165, 1.54) is 7.11 Å². The summed E-state index contributed by atoms with van der Waals surface area (Å²) in [7, 11) is 1.33. The SMILES string of the molecule is COc1ccc(C(C)C)cc1-c1ccc(C(F)(F)F)c(N(Cc2cc(C(F)(F)F)cc(C(F)(F)F)c2)C(N)=O)c1. The number of alkyl halides is 9. The fraction of sp³-hybridized carbons (Fsp3) is 0.296. The van der Waals surface area contributed by atoms with Crippen molar-refractivity contribution in [3.8, 4) is 16.9 Å². The number of hydrogen-bond acceptors (Lipinski definition) is 2. The van der Waals surface area contributed by atoms with Crippen LogP contribution in [0.3, 0.4) is 0 Å². The quantitative estimate of drug-likeness (QED) is 0.298. The molecular formula is C27H23F9N2O2. The monoisotopic (exact) mass is 578 g/mol. The molecular weight excluding hydrogens is 555 g/mol. The summed E-state index contributed by atoms with van der Waals surface area (Å²) in [5.74, 6) is 0.290. The minimum atomic E-state index is -5.21. The average Bonchev–Trinajstić information content (AvgIpc) is 2.84. The second kappa shape index (κ2) is 10.9. The van der Waals surface area contributed by atoms with Crippen LogP contribution < -0.4 is 15.4 Å². The summed E-state index contributed by atoms with van der Waals surface area (Å²) in [5.41, 5.74) is 0.246. The number of amides is 2. The highest BCUT2D eigenvalue weighted by Crippen LogP contribution is 2.42. The van der Waals surface area contributed by atoms with Gasteiger partial charge >= 0.3 is 24.6 Å². The van der Waals surface area contributed by atoms with Gasteiger partial charge in [0.05, 0.1) is 36.0 Å². The number of primary amides is 1. The molecule has 3 rings (SSSR count). The number of carbonyl (C=O) groups is 1. The van der Waals surface area contributed by atoms with E-state index in [0.29, 0.717) is 23.8 Å². The van der Waals surface area contributed by atoms with Crippen LogP contribution in [0, 0.1) is 0 Å². The Kier molecular flexibility index (Phi) is 8.37. The average molecular weight is 578 g/mol. The molecule has 2 amide bonds. The number of nitrogens with two attached hydrogens (primary N) is 1. The second-order valence-corrected chi connectivity index (χ2v) is 9.18. The van der Waals surface area contributed by atoms with Crippen LogP contribution in [-0.4, -0.2) is 13.1 Å². The van der Waals surface area contributed by atoms with Gasteiger partial charge in [0.15, 0.2) is 0 Å². The first-order chi connectivity index (χ1) is 18.3. The molecule has 4 nitrogen and oxygen atoms in total. The van der Waals surface area contributed by atoms with Crippen molar-refractivity contribution in [2.24, 2.45) is 5.73 Å². The van der Waals surface area contributed by atoms with Crippen molar-refractivity contribution in [3.05, 3.63) is 82.4 Å². The zero-order valence-electron chi connectivity index (χ0n) is 21.2. The standard InChI is InChI=1S/C27H23F9N2O2/c1-14(2)16-5-7-23(40-3)20(10-16)17-4-6-21(27(34,35)36)22(11-17)38(24(37)39)13-15-8-18(25(28,29)30)12-19(9-15)26(31,32)33/h4-12,14H,13H2,1-3H3,(H2,37,39). The molecule has 0 spiro atoms. The van der Waals surface area contributed by atoms with Gasteiger partial charge in [0.25, 0.3) is 0 Å². The van der Waals surface area contributed by atoms with E-state index in [1.807, 2.05) is 13.8 Å². The lowest BCUT2D eigenvalue weighted by molar-refractivity contribution is -0.143. The van der Waals surface area contributed by atoms with E-state index in [0.717, 1.165) is 17.7 Å². The summed E-state index contributed by atoms with van der Waals surface area (Å²) in [4.78, 5) is 12.7. The number of rotatable bonds is 6. The van der Waals surface area contributed by atoms with Crippen LogP contribution in [0.15, 0.2) is 54.6 Å². The molecule has 0 aromatic heterocycles. The van der Waals surface area contributed by atoms with Gasteiger partial charge in [0.2, 0.25) is 0 Å². The predicted octanol–water partition coefficient (Wildman–Crippen LogP) is 8.63. The van der Waals surface area contributed by atoms with Crippen LogP contribution in [0.1, 0.15) is 47.6 Å². The minimum absolute atomic E-state index is 0.0180. The highest BCUT2D eigenvalue weighted by atomic mass is 19.4. The summed E-state index contributed by atoms with van der Waals surface area (Å²) >= 11 is 0. The number of anilines is 1. The van der Waals surface area contributed by atoms with Gasteiger partial charge in [0.1, 0.15) is 5.75 Å². The molecule has 2 N–H and O–H groups in total. The number of methoxy groups -OCH3 is 1. The van der Waals surface area contributed by atoms with E-state index >= 15 is 0 Å². The molecule has 3 aromatic carbocycles. The maximum Gasteiger partial charge on any atom is 0.418 e. The number of ether oxygens (including phenoxy) is 1. The van der Waals surface area contributed by atoms with Crippen molar-refractivity contribution >= 4 is 11.7 Å². The molecule has 0 fully saturated rings. The molecule has 13 heteroatoms. The van der Waals surface area contributed by atoms with Gasteiger partial charge in [-0.3, -0.25) is 4.90 Å². The summed E-state index contributed by atoms with van der Waals surface area (Å²) in [6, 6.07) is 6.67. The van der Waals surface area contributed by atoms with Crippen molar-refractivity contribution in [2.45, 2.75) is 44.8 Å². The predicted molar refractivity (Wildman–Crippen MR) is 130 cm³/mol. The molecule has 0 atom stereocenters. The first-order valence-electron chi connectivity index (χ1n) is 11.6. The third-order valence-electron chi connectivity index (χ3n) is 6.05. The molecule has 0 aliphatic heterocycles. The van der Waals surface area contributed by atoms with E-state index in [1.54, 1.807) is 18.2 Å². The fourth-order valence-corrected chi connectivity index (χ4v) is 4.05. The Bertz CT molecular complexity index is 1360. The summed E-state index contributed by atoms with van der Waals surface area (Å²) in [6.45, 7) is 2.64. The molecule has 0 radical (unpaired) electrons. The number of hydrogen-bond donors (Lipinski definition) is 1. The number of halogens is 9. The topological polar surface area (TPSA) is 55.6 Å². The largest absolute Gasteiger partial charge is 0.496 e. The maximum atomic E-state index is 14.0. The summed E-state index contributed by atoms with van der Waals surface area (Å²) < 4.78 is 127. The van der Waals surface area contributed by atoms with Gasteiger partial charge in [-0.2, -0.15) is 39.5 Å². The number of carbonyl (C=O) groups excluding carboxylic acids is 1. The molecule has 0 unspecified atom stereocenters. The summed E-state index contributed by atoms with van der Waals surface area (Å²) in [5, 5.41) is 0. The molecule has 216 valence electrons. The second-order valence-electron chi connectivity index (χ2n) is 9.18. The molecule has 0 saturated heterocycles. The lowest BCUT2D eigenvalue weighted by Gasteiger charge is -2.26. The maximum absolute atomic E-state index is 14.0. The van der Waals surface area contributed by atoms with E-state index in [4.69, 9.17) is 10.5 Å². The summed E-state index contributed by atoms with van der Waals surface area (Å²) in [6.07, 6.45) is -15.5. The highest BCUT2D eigenvalue weighted by Gasteiger charge is 2.39. The Morgan fingerprint density at radius 2 is 1.40 bits per heavy atom. The van der Waals surface area contributed by atoms with E-state index in [9.17, 15) is 44.3 Å². The van der Waals surface area contributed by atoms with E-state index < -0.39 is 59.0 Å². The van der Waals surface area contributed by atoms with Crippen molar-refractivity contribution in [1.82, 2.24) is 0 Å². The van der Waals surface area contributed by atoms with E-state index in [2.05, 4.69) is 0 Å². The lowest BCUT2D eigenvalue weighted by Crippen LogP contribution is -2.36. The van der Waals surface area contributed by atoms with Crippen molar-refractivity contribution in [1.29, 1.82) is 0 Å². The zero-order chi connectivity index (χ0) is 30.2. The van der Waals surface area contributed by atoms with Crippen LogP contribution in [-0.2, 0) is 25.1 Å². The molecule has 0 heterocycles. The van der Waals surface area contributed by atoms with Gasteiger partial charge in [-0.05, 0) is 65.1 Å². The Labute approximate surface area is 223 Å². The van der Waals surface area contributed by atoms with Crippen molar-refractivity contribution < 1.29 is 49.0 Å². The van der Waals surface area contributed by atoms with Crippen LogP contribution in [0.2, 0.25) is 0 Å². The molecule has 3 aromatic rings. The normalized spacial score (nSPS) is 12.5. The van der Waals surface area contributed by atoms with Crippen molar-refractivity contribution in [2.75, 3.05) is 12.0 Å². The van der Waals surface area contributed by atoms with Gasteiger partial charge in [-0.15, -0.1) is 0 Å². The van der Waals surface area contributed by atoms with Gasteiger partial charge < -0.3 is 10.5 Å². The van der Waals surface area contributed by atoms with Crippen LogP contribution in [0.4, 0.5) is 50.0 Å². The number of nitrogens with zero attached hydrogens (tertiary/aromatic N) is 1. The molecule has 0 saturated carbocycles. The molecule has 0 aliphatic carbocycles. The van der Waals surface area contributed by atoms with E-state index in [-0.39, 0.29) is 28.2 Å². The van der Waals surface area contributed by atoms with Crippen molar-refractivity contribution in [3.63, 3.8) is 0 Å². The minimum Gasteiger partial charge on any atom is -0.496 e. The highest BCUT2D eigenvalue weighted by molar-refractivity contribution is 5.93. The third kappa shape index (κ3) is 6.80. The smallest absolute Gasteiger partial charge is 0.418 e. The number of benzene rings is 3. The first kappa shape index (κ1) is 30.6. The zero-order valence-corrected chi connectivity index (χ0v) is 21.2. The van der Waals surface area contributed by atoms with Gasteiger partial charge in [-0.1, -0.05) is 26.0 Å².